The van der Waals surface area contributed by atoms with Crippen LogP contribution in [0.2, 0.25) is 0 Å². The maximum atomic E-state index is 9.47. The van der Waals surface area contributed by atoms with Gasteiger partial charge in [-0.15, -0.1) is 0 Å². The molecule has 166 valence electrons. The van der Waals surface area contributed by atoms with Crippen LogP contribution < -0.4 is 10.6 Å². The van der Waals surface area contributed by atoms with Crippen LogP contribution in [0.5, 0.6) is 0 Å². The van der Waals surface area contributed by atoms with Crippen molar-refractivity contribution in [2.75, 3.05) is 10.6 Å². The van der Waals surface area contributed by atoms with Crippen molar-refractivity contribution in [1.29, 1.82) is 5.26 Å². The first kappa shape index (κ1) is 21.0. The van der Waals surface area contributed by atoms with Gasteiger partial charge in [0.2, 0.25) is 0 Å². The van der Waals surface area contributed by atoms with Crippen LogP contribution in [0.15, 0.2) is 94.0 Å². The molecule has 0 unspecified atom stereocenters. The van der Waals surface area contributed by atoms with Gasteiger partial charge >= 0.3 is 0 Å². The maximum Gasteiger partial charge on any atom is 0.167 e. The van der Waals surface area contributed by atoms with Crippen LogP contribution in [0.4, 0.5) is 11.6 Å². The van der Waals surface area contributed by atoms with E-state index < -0.39 is 0 Å². The third kappa shape index (κ3) is 4.79. The smallest absolute Gasteiger partial charge is 0.167 e. The Balaban J connectivity index is 1.24. The number of hydrogen-bond acceptors (Lipinski definition) is 8. The average molecular weight is 448 g/mol. The summed E-state index contributed by atoms with van der Waals surface area (Å²) in [5.41, 5.74) is 3.80. The highest BCUT2D eigenvalue weighted by atomic mass is 16.5. The highest BCUT2D eigenvalue weighted by Crippen LogP contribution is 2.23. The maximum absolute atomic E-state index is 9.47. The molecule has 0 aliphatic rings. The largest absolute Gasteiger partial charge is 0.364 e. The number of nitriles is 1. The molecule has 0 radical (unpaired) electrons. The predicted octanol–water partition coefficient (Wildman–Crippen LogP) is 5.49. The lowest BCUT2D eigenvalue weighted by Crippen LogP contribution is -2.07. The van der Waals surface area contributed by atoms with Crippen LogP contribution in [-0.4, -0.2) is 15.3 Å². The van der Waals surface area contributed by atoms with Crippen LogP contribution in [0.25, 0.3) is 22.6 Å². The van der Waals surface area contributed by atoms with Gasteiger partial charge in [0.1, 0.15) is 29.1 Å². The summed E-state index contributed by atoms with van der Waals surface area (Å²) in [6, 6.07) is 28.9. The van der Waals surface area contributed by atoms with Gasteiger partial charge in [0.25, 0.3) is 0 Å². The number of anilines is 2. The zero-order valence-corrected chi connectivity index (χ0v) is 18.1. The Hall–Kier alpha value is -4.90. The van der Waals surface area contributed by atoms with Crippen molar-refractivity contribution in [2.24, 2.45) is 0 Å². The standard InChI is InChI=1S/C26H20N6O2/c27-15-20-11-12-25(28-16-21-13-23(33-31-21)18-7-3-1-4-8-18)30-26(20)29-17-22-14-24(34-32-22)19-9-5-2-6-10-19/h1-14H,16-17H2,(H2,28,29,30). The molecule has 5 rings (SSSR count). The summed E-state index contributed by atoms with van der Waals surface area (Å²) < 4.78 is 10.9. The van der Waals surface area contributed by atoms with Gasteiger partial charge in [-0.1, -0.05) is 71.0 Å². The molecule has 0 saturated carbocycles. The molecular formula is C26H20N6O2. The third-order valence-electron chi connectivity index (χ3n) is 5.14. The lowest BCUT2D eigenvalue weighted by molar-refractivity contribution is 0.424. The Kier molecular flexibility index (Phi) is 5.99. The number of hydrogen-bond donors (Lipinski definition) is 2. The summed E-state index contributed by atoms with van der Waals surface area (Å²) in [6.07, 6.45) is 0. The molecule has 0 bridgehead atoms. The Morgan fingerprint density at radius 3 is 1.82 bits per heavy atom. The summed E-state index contributed by atoms with van der Waals surface area (Å²) in [4.78, 5) is 4.54. The van der Waals surface area contributed by atoms with Gasteiger partial charge in [-0.3, -0.25) is 0 Å². The molecule has 2 N–H and O–H groups in total. The fraction of sp³-hybridized carbons (Fsp3) is 0.0769. The van der Waals surface area contributed by atoms with E-state index in [4.69, 9.17) is 9.05 Å². The van der Waals surface area contributed by atoms with Gasteiger partial charge in [0.15, 0.2) is 11.5 Å². The number of rotatable bonds is 8. The second kappa shape index (κ2) is 9.71. The van der Waals surface area contributed by atoms with Gasteiger partial charge in [0, 0.05) is 23.3 Å². The number of pyridine rings is 1. The zero-order chi connectivity index (χ0) is 23.2. The Labute approximate surface area is 195 Å². The molecule has 34 heavy (non-hydrogen) atoms. The second-order valence-electron chi connectivity index (χ2n) is 7.51. The van der Waals surface area contributed by atoms with Crippen LogP contribution in [0, 0.1) is 11.3 Å². The van der Waals surface area contributed by atoms with Crippen molar-refractivity contribution in [2.45, 2.75) is 13.1 Å². The number of nitrogens with one attached hydrogen (secondary N) is 2. The Morgan fingerprint density at radius 2 is 1.26 bits per heavy atom. The molecule has 8 heteroatoms. The minimum atomic E-state index is 0.366. The van der Waals surface area contributed by atoms with E-state index in [9.17, 15) is 5.26 Å². The fourth-order valence-corrected chi connectivity index (χ4v) is 3.41. The van der Waals surface area contributed by atoms with Crippen LogP contribution in [0.3, 0.4) is 0 Å². The number of aromatic nitrogens is 3. The monoisotopic (exact) mass is 448 g/mol. The van der Waals surface area contributed by atoms with Gasteiger partial charge < -0.3 is 19.7 Å². The minimum Gasteiger partial charge on any atom is -0.364 e. The molecule has 0 spiro atoms. The van der Waals surface area contributed by atoms with Crippen molar-refractivity contribution in [3.05, 3.63) is 102 Å². The van der Waals surface area contributed by atoms with Gasteiger partial charge in [-0.25, -0.2) is 4.98 Å². The SMILES string of the molecule is N#Cc1ccc(NCc2cc(-c3ccccc3)on2)nc1NCc1cc(-c2ccccc2)on1. The van der Waals surface area contributed by atoms with E-state index in [1.165, 1.54) is 0 Å². The fourth-order valence-electron chi connectivity index (χ4n) is 3.41. The topological polar surface area (TPSA) is 113 Å². The first-order valence-electron chi connectivity index (χ1n) is 10.7. The van der Waals surface area contributed by atoms with E-state index in [0.29, 0.717) is 47.5 Å². The molecule has 0 fully saturated rings. The summed E-state index contributed by atoms with van der Waals surface area (Å²) in [6.45, 7) is 0.795. The molecular weight excluding hydrogens is 428 g/mol. The summed E-state index contributed by atoms with van der Waals surface area (Å²) in [5.74, 6) is 2.46. The molecule has 0 aliphatic carbocycles. The van der Waals surface area contributed by atoms with E-state index in [1.807, 2.05) is 72.8 Å². The van der Waals surface area contributed by atoms with Gasteiger partial charge in [-0.05, 0) is 12.1 Å². The van der Waals surface area contributed by atoms with Crippen LogP contribution in [-0.2, 0) is 13.1 Å². The minimum absolute atomic E-state index is 0.366. The molecule has 8 nitrogen and oxygen atoms in total. The zero-order valence-electron chi connectivity index (χ0n) is 18.1. The average Bonchev–Trinajstić information content (AvgIpc) is 3.57. The number of nitrogens with zero attached hydrogens (tertiary/aromatic N) is 4. The molecule has 5 aromatic rings. The first-order chi connectivity index (χ1) is 16.8. The normalized spacial score (nSPS) is 10.6. The molecule has 0 amide bonds. The molecule has 3 aromatic heterocycles. The molecule has 2 aromatic carbocycles. The lowest BCUT2D eigenvalue weighted by Gasteiger charge is -2.09. The molecule has 3 heterocycles. The summed E-state index contributed by atoms with van der Waals surface area (Å²) in [5, 5.41) is 24.1. The second-order valence-corrected chi connectivity index (χ2v) is 7.51. The van der Waals surface area contributed by atoms with Crippen LogP contribution >= 0.6 is 0 Å². The lowest BCUT2D eigenvalue weighted by atomic mass is 10.1. The predicted molar refractivity (Wildman–Crippen MR) is 127 cm³/mol. The van der Waals surface area contributed by atoms with Crippen molar-refractivity contribution >= 4 is 11.6 Å². The van der Waals surface area contributed by atoms with Crippen molar-refractivity contribution in [1.82, 2.24) is 15.3 Å². The van der Waals surface area contributed by atoms with E-state index in [-0.39, 0.29) is 0 Å². The first-order valence-corrected chi connectivity index (χ1v) is 10.7. The number of benzene rings is 2. The van der Waals surface area contributed by atoms with E-state index in [1.54, 1.807) is 12.1 Å². The molecule has 0 atom stereocenters. The van der Waals surface area contributed by atoms with Crippen molar-refractivity contribution in [3.63, 3.8) is 0 Å². The van der Waals surface area contributed by atoms with E-state index in [2.05, 4.69) is 32.0 Å². The van der Waals surface area contributed by atoms with E-state index >= 15 is 0 Å². The molecule has 0 aliphatic heterocycles. The van der Waals surface area contributed by atoms with Gasteiger partial charge in [-0.2, -0.15) is 5.26 Å². The van der Waals surface area contributed by atoms with Crippen LogP contribution in [0.1, 0.15) is 17.0 Å². The highest BCUT2D eigenvalue weighted by molar-refractivity contribution is 5.59. The quantitative estimate of drug-likeness (QED) is 0.320. The highest BCUT2D eigenvalue weighted by Gasteiger charge is 2.11. The van der Waals surface area contributed by atoms with Crippen molar-refractivity contribution < 1.29 is 9.05 Å². The Morgan fingerprint density at radius 1 is 0.706 bits per heavy atom. The Bertz CT molecular complexity index is 1420. The summed E-state index contributed by atoms with van der Waals surface area (Å²) in [7, 11) is 0. The molecule has 0 saturated heterocycles. The van der Waals surface area contributed by atoms with Crippen molar-refractivity contribution in [3.8, 4) is 28.7 Å². The van der Waals surface area contributed by atoms with Gasteiger partial charge in [0.05, 0.1) is 18.7 Å². The summed E-state index contributed by atoms with van der Waals surface area (Å²) >= 11 is 0. The third-order valence-corrected chi connectivity index (χ3v) is 5.14. The van der Waals surface area contributed by atoms with E-state index in [0.717, 1.165) is 16.8 Å².